The molecule has 2 N–H and O–H groups in total. The molecule has 1 saturated heterocycles. The van der Waals surface area contributed by atoms with Crippen molar-refractivity contribution in [3.05, 3.63) is 29.8 Å². The first-order chi connectivity index (χ1) is 9.92. The second-order valence-corrected chi connectivity index (χ2v) is 7.72. The molecule has 1 aromatic rings. The highest BCUT2D eigenvalue weighted by Gasteiger charge is 2.26. The number of carbonyl (C=O) groups excluding carboxylic acids is 1. The molecular weight excluding hydrogens is 288 g/mol. The van der Waals surface area contributed by atoms with Crippen LogP contribution < -0.4 is 5.73 Å². The Bertz CT molecular complexity index is 596. The monoisotopic (exact) mass is 310 g/mol. The fourth-order valence-electron chi connectivity index (χ4n) is 2.49. The normalized spacial score (nSPS) is 19.0. The lowest BCUT2D eigenvalue weighted by Crippen LogP contribution is -2.31. The first-order valence-electron chi connectivity index (χ1n) is 7.19. The Kier molecular flexibility index (Phi) is 5.00. The minimum absolute atomic E-state index is 0.0352. The van der Waals surface area contributed by atoms with Crippen molar-refractivity contribution in [3.63, 3.8) is 0 Å². The highest BCUT2D eigenvalue weighted by Crippen LogP contribution is 2.17. The van der Waals surface area contributed by atoms with Crippen LogP contribution in [0.4, 0.5) is 0 Å². The molecule has 1 aliphatic heterocycles. The van der Waals surface area contributed by atoms with Crippen molar-refractivity contribution < 1.29 is 13.2 Å². The number of aryl methyl sites for hydroxylation is 1. The summed E-state index contributed by atoms with van der Waals surface area (Å²) in [5, 5.41) is 0. The summed E-state index contributed by atoms with van der Waals surface area (Å²) in [4.78, 5) is 14.1. The molecule has 6 heteroatoms. The van der Waals surface area contributed by atoms with Crippen molar-refractivity contribution in [1.29, 1.82) is 0 Å². The zero-order valence-electron chi connectivity index (χ0n) is 12.3. The van der Waals surface area contributed by atoms with E-state index < -0.39 is 9.84 Å². The van der Waals surface area contributed by atoms with Gasteiger partial charge >= 0.3 is 0 Å². The van der Waals surface area contributed by atoms with E-state index in [-0.39, 0.29) is 23.0 Å². The standard InChI is InChI=1S/C15H22N2O3S/c1-12-2-4-14(5-3-12)21(19,20)9-7-15(18)17-8-6-13(10-16)11-17/h2-5,13H,6-11,16H2,1H3. The van der Waals surface area contributed by atoms with Crippen LogP contribution in [-0.2, 0) is 14.6 Å². The molecule has 0 aromatic heterocycles. The van der Waals surface area contributed by atoms with Crippen LogP contribution in [0.2, 0.25) is 0 Å². The zero-order chi connectivity index (χ0) is 15.5. The molecule has 21 heavy (non-hydrogen) atoms. The number of likely N-dealkylation sites (tertiary alicyclic amines) is 1. The molecule has 1 aliphatic rings. The molecule has 0 aliphatic carbocycles. The fraction of sp³-hybridized carbons (Fsp3) is 0.533. The van der Waals surface area contributed by atoms with E-state index in [9.17, 15) is 13.2 Å². The van der Waals surface area contributed by atoms with E-state index in [2.05, 4.69) is 0 Å². The van der Waals surface area contributed by atoms with Crippen LogP contribution in [-0.4, -0.2) is 44.6 Å². The highest BCUT2D eigenvalue weighted by molar-refractivity contribution is 7.91. The van der Waals surface area contributed by atoms with Gasteiger partial charge in [0.05, 0.1) is 10.6 Å². The Hall–Kier alpha value is -1.40. The SMILES string of the molecule is Cc1ccc(S(=O)(=O)CCC(=O)N2CCC(CN)C2)cc1. The van der Waals surface area contributed by atoms with Gasteiger partial charge in [-0.15, -0.1) is 0 Å². The lowest BCUT2D eigenvalue weighted by molar-refractivity contribution is -0.129. The van der Waals surface area contributed by atoms with Crippen LogP contribution in [0.25, 0.3) is 0 Å². The van der Waals surface area contributed by atoms with Gasteiger partial charge in [0, 0.05) is 19.5 Å². The summed E-state index contributed by atoms with van der Waals surface area (Å²) in [6.45, 7) is 3.82. The van der Waals surface area contributed by atoms with Gasteiger partial charge in [0.15, 0.2) is 9.84 Å². The lowest BCUT2D eigenvalue weighted by Gasteiger charge is -2.16. The number of carbonyl (C=O) groups is 1. The average molecular weight is 310 g/mol. The van der Waals surface area contributed by atoms with Crippen LogP contribution in [0.5, 0.6) is 0 Å². The molecule has 1 fully saturated rings. The van der Waals surface area contributed by atoms with E-state index in [0.29, 0.717) is 25.6 Å². The quantitative estimate of drug-likeness (QED) is 0.878. The number of benzene rings is 1. The predicted molar refractivity (Wildman–Crippen MR) is 81.6 cm³/mol. The second-order valence-electron chi connectivity index (χ2n) is 5.61. The molecule has 1 aromatic carbocycles. The van der Waals surface area contributed by atoms with Gasteiger partial charge in [-0.2, -0.15) is 0 Å². The van der Waals surface area contributed by atoms with E-state index in [1.54, 1.807) is 29.2 Å². The Labute approximate surface area is 126 Å². The number of amides is 1. The maximum Gasteiger partial charge on any atom is 0.223 e. The molecule has 116 valence electrons. The summed E-state index contributed by atoms with van der Waals surface area (Å²) in [7, 11) is -3.39. The van der Waals surface area contributed by atoms with Crippen molar-refractivity contribution in [1.82, 2.24) is 4.90 Å². The molecule has 1 unspecified atom stereocenters. The smallest absolute Gasteiger partial charge is 0.223 e. The van der Waals surface area contributed by atoms with Gasteiger partial charge in [0.25, 0.3) is 0 Å². The van der Waals surface area contributed by atoms with Crippen molar-refractivity contribution in [2.45, 2.75) is 24.7 Å². The third-order valence-electron chi connectivity index (χ3n) is 3.94. The summed E-state index contributed by atoms with van der Waals surface area (Å²) in [5.41, 5.74) is 6.60. The maximum absolute atomic E-state index is 12.2. The molecule has 2 rings (SSSR count). The van der Waals surface area contributed by atoms with Gasteiger partial charge in [-0.05, 0) is 37.9 Å². The van der Waals surface area contributed by atoms with Crippen LogP contribution >= 0.6 is 0 Å². The summed E-state index contributed by atoms with van der Waals surface area (Å²) < 4.78 is 24.4. The van der Waals surface area contributed by atoms with Crippen molar-refractivity contribution >= 4 is 15.7 Å². The van der Waals surface area contributed by atoms with E-state index in [0.717, 1.165) is 12.0 Å². The molecule has 0 bridgehead atoms. The molecular formula is C15H22N2O3S. The number of sulfone groups is 1. The van der Waals surface area contributed by atoms with Gasteiger partial charge in [-0.1, -0.05) is 17.7 Å². The number of nitrogens with two attached hydrogens (primary N) is 1. The molecule has 5 nitrogen and oxygen atoms in total. The highest BCUT2D eigenvalue weighted by atomic mass is 32.2. The Morgan fingerprint density at radius 1 is 1.33 bits per heavy atom. The summed E-state index contributed by atoms with van der Waals surface area (Å²) in [6.07, 6.45) is 0.945. The summed E-state index contributed by atoms with van der Waals surface area (Å²) in [5.74, 6) is 0.114. The van der Waals surface area contributed by atoms with E-state index in [1.807, 2.05) is 6.92 Å². The Morgan fingerprint density at radius 3 is 2.57 bits per heavy atom. The first kappa shape index (κ1) is 16.0. The molecule has 0 spiro atoms. The Balaban J connectivity index is 1.93. The first-order valence-corrected chi connectivity index (χ1v) is 8.85. The van der Waals surface area contributed by atoms with Gasteiger partial charge in [-0.25, -0.2) is 8.42 Å². The topological polar surface area (TPSA) is 80.5 Å². The molecule has 0 saturated carbocycles. The fourth-order valence-corrected chi connectivity index (χ4v) is 3.72. The largest absolute Gasteiger partial charge is 0.342 e. The molecule has 1 amide bonds. The van der Waals surface area contributed by atoms with Crippen LogP contribution in [0, 0.1) is 12.8 Å². The van der Waals surface area contributed by atoms with Crippen LogP contribution in [0.15, 0.2) is 29.2 Å². The third kappa shape index (κ3) is 4.04. The van der Waals surface area contributed by atoms with Crippen molar-refractivity contribution in [2.24, 2.45) is 11.7 Å². The molecule has 0 radical (unpaired) electrons. The van der Waals surface area contributed by atoms with Gasteiger partial charge in [-0.3, -0.25) is 4.79 Å². The van der Waals surface area contributed by atoms with Crippen LogP contribution in [0.3, 0.4) is 0 Å². The third-order valence-corrected chi connectivity index (χ3v) is 5.67. The van der Waals surface area contributed by atoms with E-state index in [4.69, 9.17) is 5.73 Å². The summed E-state index contributed by atoms with van der Waals surface area (Å²) in [6, 6.07) is 6.72. The summed E-state index contributed by atoms with van der Waals surface area (Å²) >= 11 is 0. The van der Waals surface area contributed by atoms with Crippen molar-refractivity contribution in [2.75, 3.05) is 25.4 Å². The lowest BCUT2D eigenvalue weighted by atomic mass is 10.1. The minimum Gasteiger partial charge on any atom is -0.342 e. The van der Waals surface area contributed by atoms with Crippen molar-refractivity contribution in [3.8, 4) is 0 Å². The molecule has 1 atom stereocenters. The second kappa shape index (κ2) is 6.58. The number of rotatable bonds is 5. The minimum atomic E-state index is -3.39. The molecule has 1 heterocycles. The van der Waals surface area contributed by atoms with E-state index in [1.165, 1.54) is 0 Å². The van der Waals surface area contributed by atoms with Crippen LogP contribution in [0.1, 0.15) is 18.4 Å². The van der Waals surface area contributed by atoms with Gasteiger partial charge in [0.1, 0.15) is 0 Å². The Morgan fingerprint density at radius 2 is 2.00 bits per heavy atom. The maximum atomic E-state index is 12.2. The average Bonchev–Trinajstić information content (AvgIpc) is 2.94. The number of nitrogens with zero attached hydrogens (tertiary/aromatic N) is 1. The predicted octanol–water partition coefficient (Wildman–Crippen LogP) is 0.966. The number of hydrogen-bond donors (Lipinski definition) is 1. The number of hydrogen-bond acceptors (Lipinski definition) is 4. The van der Waals surface area contributed by atoms with Gasteiger partial charge < -0.3 is 10.6 Å². The zero-order valence-corrected chi connectivity index (χ0v) is 13.1. The van der Waals surface area contributed by atoms with E-state index >= 15 is 0 Å². The van der Waals surface area contributed by atoms with Gasteiger partial charge in [0.2, 0.25) is 5.91 Å².